The van der Waals surface area contributed by atoms with Crippen molar-refractivity contribution in [1.29, 1.82) is 0 Å². The van der Waals surface area contributed by atoms with Gasteiger partial charge >= 0.3 is 0 Å². The van der Waals surface area contributed by atoms with E-state index in [1.807, 2.05) is 29.9 Å². The lowest BCUT2D eigenvalue weighted by Gasteiger charge is -2.11. The van der Waals surface area contributed by atoms with E-state index < -0.39 is 5.78 Å². The first kappa shape index (κ1) is 24.5. The van der Waals surface area contributed by atoms with Crippen LogP contribution >= 0.6 is 0 Å². The van der Waals surface area contributed by atoms with E-state index in [-0.39, 0.29) is 28.6 Å². The summed E-state index contributed by atoms with van der Waals surface area (Å²) in [4.78, 5) is 15.2. The second kappa shape index (κ2) is 9.49. The molecule has 194 valence electrons. The molecule has 0 saturated carbocycles. The molecular weight excluding hydrogens is 488 g/mol. The molecule has 4 aromatic carbocycles. The van der Waals surface area contributed by atoms with Gasteiger partial charge in [-0.2, -0.15) is 0 Å². The first-order valence-corrected chi connectivity index (χ1v) is 12.7. The summed E-state index contributed by atoms with van der Waals surface area (Å²) in [7, 11) is 6.10. The molecular formula is C33H28N2O4. The first-order valence-electron chi connectivity index (χ1n) is 12.7. The van der Waals surface area contributed by atoms with E-state index in [9.17, 15) is 15.0 Å². The van der Waals surface area contributed by atoms with E-state index >= 15 is 0 Å². The van der Waals surface area contributed by atoms with Gasteiger partial charge in [0, 0.05) is 48.4 Å². The highest BCUT2D eigenvalue weighted by Crippen LogP contribution is 2.42. The van der Waals surface area contributed by atoms with Crippen LogP contribution in [-0.4, -0.2) is 39.6 Å². The number of hydrogen-bond donors (Lipinski definition) is 2. The van der Waals surface area contributed by atoms with Gasteiger partial charge in [0.1, 0.15) is 22.8 Å². The number of phenolic OH excluding ortho intramolecular Hbond substituents is 2. The molecule has 1 aliphatic heterocycles. The molecule has 0 fully saturated rings. The van der Waals surface area contributed by atoms with Crippen molar-refractivity contribution in [2.24, 2.45) is 7.05 Å². The Morgan fingerprint density at radius 1 is 0.897 bits per heavy atom. The predicted octanol–water partition coefficient (Wildman–Crippen LogP) is 6.60. The van der Waals surface area contributed by atoms with Gasteiger partial charge in [-0.1, -0.05) is 60.7 Å². The highest BCUT2D eigenvalue weighted by atomic mass is 16.5. The molecule has 2 N–H and O–H groups in total. The third-order valence-electron chi connectivity index (χ3n) is 7.05. The molecule has 2 heterocycles. The number of Topliss-reactive ketones (excluding diaryl/α,β-unsaturated/α-hetero) is 1. The van der Waals surface area contributed by atoms with Crippen LogP contribution in [0.1, 0.15) is 21.5 Å². The fraction of sp³-hybridized carbons (Fsp3) is 0.121. The maximum atomic E-state index is 13.0. The highest BCUT2D eigenvalue weighted by Gasteiger charge is 2.31. The van der Waals surface area contributed by atoms with Gasteiger partial charge in [0.25, 0.3) is 0 Å². The molecule has 6 heteroatoms. The Morgan fingerprint density at radius 3 is 2.26 bits per heavy atom. The summed E-state index contributed by atoms with van der Waals surface area (Å²) >= 11 is 0. The van der Waals surface area contributed by atoms with Crippen LogP contribution in [-0.2, 0) is 13.6 Å². The Balaban J connectivity index is 1.37. The van der Waals surface area contributed by atoms with Crippen molar-refractivity contribution in [2.45, 2.75) is 6.54 Å². The number of aromatic hydroxyl groups is 2. The average molecular weight is 517 g/mol. The van der Waals surface area contributed by atoms with Crippen molar-refractivity contribution in [3.05, 3.63) is 108 Å². The van der Waals surface area contributed by atoms with Crippen molar-refractivity contribution in [3.8, 4) is 39.5 Å². The number of carbonyl (C=O) groups excluding carboxylic acids is 1. The standard InChI is InChI=1S/C33H28N2O4/c1-34(2)18-20-7-9-21(10-8-20)22-11-13-23(14-12-22)26-5-4-6-27-31(26)24(19-35(27)3)15-30-33(38)32-28(37)16-25(36)17-29(32)39-30/h4-17,19,36-37H,18H2,1-3H3/b30-15-. The Kier molecular flexibility index (Phi) is 5.97. The van der Waals surface area contributed by atoms with Gasteiger partial charge in [0.2, 0.25) is 5.78 Å². The van der Waals surface area contributed by atoms with E-state index in [4.69, 9.17) is 4.74 Å². The predicted molar refractivity (Wildman–Crippen MR) is 154 cm³/mol. The van der Waals surface area contributed by atoms with Crippen LogP contribution in [0.5, 0.6) is 17.2 Å². The van der Waals surface area contributed by atoms with Gasteiger partial charge in [-0.15, -0.1) is 0 Å². The molecule has 39 heavy (non-hydrogen) atoms. The van der Waals surface area contributed by atoms with Gasteiger partial charge in [-0.3, -0.25) is 4.79 Å². The zero-order chi connectivity index (χ0) is 27.3. The van der Waals surface area contributed by atoms with Crippen LogP contribution in [0, 0.1) is 0 Å². The minimum atomic E-state index is -0.419. The van der Waals surface area contributed by atoms with Crippen LogP contribution in [0.2, 0.25) is 0 Å². The van der Waals surface area contributed by atoms with Gasteiger partial charge in [-0.25, -0.2) is 0 Å². The van der Waals surface area contributed by atoms with Crippen LogP contribution in [0.4, 0.5) is 0 Å². The third-order valence-corrected chi connectivity index (χ3v) is 7.05. The quantitative estimate of drug-likeness (QED) is 0.258. The first-order chi connectivity index (χ1) is 18.8. The maximum Gasteiger partial charge on any atom is 0.235 e. The maximum absolute atomic E-state index is 13.0. The number of ether oxygens (including phenoxy) is 1. The molecule has 5 aromatic rings. The molecule has 0 atom stereocenters. The van der Waals surface area contributed by atoms with E-state index in [0.717, 1.165) is 51.3 Å². The van der Waals surface area contributed by atoms with Crippen molar-refractivity contribution in [3.63, 3.8) is 0 Å². The van der Waals surface area contributed by atoms with Crippen molar-refractivity contribution < 1.29 is 19.7 Å². The fourth-order valence-corrected chi connectivity index (χ4v) is 5.26. The second-order valence-electron chi connectivity index (χ2n) is 10.2. The van der Waals surface area contributed by atoms with Crippen LogP contribution in [0.15, 0.2) is 90.8 Å². The average Bonchev–Trinajstić information content (AvgIpc) is 3.40. The second-order valence-corrected chi connectivity index (χ2v) is 10.2. The number of carbonyl (C=O) groups is 1. The molecule has 0 aliphatic carbocycles. The van der Waals surface area contributed by atoms with Gasteiger partial charge in [0.05, 0.1) is 0 Å². The summed E-state index contributed by atoms with van der Waals surface area (Å²) in [6, 6.07) is 25.8. The summed E-state index contributed by atoms with van der Waals surface area (Å²) in [6.07, 6.45) is 3.66. The third kappa shape index (κ3) is 4.45. The lowest BCUT2D eigenvalue weighted by Crippen LogP contribution is -2.10. The normalized spacial score (nSPS) is 13.8. The van der Waals surface area contributed by atoms with E-state index in [2.05, 4.69) is 73.6 Å². The summed E-state index contributed by atoms with van der Waals surface area (Å²) in [5.74, 6) is -0.640. The molecule has 0 unspecified atom stereocenters. The van der Waals surface area contributed by atoms with Crippen molar-refractivity contribution in [2.75, 3.05) is 14.1 Å². The van der Waals surface area contributed by atoms with Gasteiger partial charge < -0.3 is 24.4 Å². The highest BCUT2D eigenvalue weighted by molar-refractivity contribution is 6.17. The van der Waals surface area contributed by atoms with Crippen molar-refractivity contribution in [1.82, 2.24) is 9.47 Å². The fourth-order valence-electron chi connectivity index (χ4n) is 5.26. The number of aryl methyl sites for hydroxylation is 1. The van der Waals surface area contributed by atoms with E-state index in [1.165, 1.54) is 11.6 Å². The Hall–Kier alpha value is -4.81. The number of hydrogen-bond acceptors (Lipinski definition) is 5. The lowest BCUT2D eigenvalue weighted by molar-refractivity contribution is 0.101. The lowest BCUT2D eigenvalue weighted by atomic mass is 9.96. The molecule has 1 aromatic heterocycles. The topological polar surface area (TPSA) is 74.9 Å². The summed E-state index contributed by atoms with van der Waals surface area (Å²) < 4.78 is 7.78. The molecule has 0 radical (unpaired) electrons. The summed E-state index contributed by atoms with van der Waals surface area (Å²) in [5.41, 5.74) is 7.58. The number of ketones is 1. The molecule has 6 rings (SSSR count). The van der Waals surface area contributed by atoms with Crippen LogP contribution in [0.25, 0.3) is 39.2 Å². The Bertz CT molecular complexity index is 1760. The van der Waals surface area contributed by atoms with Crippen LogP contribution < -0.4 is 4.74 Å². The zero-order valence-electron chi connectivity index (χ0n) is 22.0. The number of rotatable bonds is 5. The largest absolute Gasteiger partial charge is 0.508 e. The summed E-state index contributed by atoms with van der Waals surface area (Å²) in [6.45, 7) is 0.908. The smallest absolute Gasteiger partial charge is 0.235 e. The molecule has 0 saturated heterocycles. The van der Waals surface area contributed by atoms with Crippen molar-refractivity contribution >= 4 is 22.8 Å². The minimum Gasteiger partial charge on any atom is -0.508 e. The molecule has 6 nitrogen and oxygen atoms in total. The number of nitrogens with zero attached hydrogens (tertiary/aromatic N) is 2. The van der Waals surface area contributed by atoms with E-state index in [1.54, 1.807) is 6.08 Å². The van der Waals surface area contributed by atoms with Crippen LogP contribution in [0.3, 0.4) is 0 Å². The number of benzene rings is 4. The Morgan fingerprint density at radius 2 is 1.56 bits per heavy atom. The SMILES string of the molecule is CN(C)Cc1ccc(-c2ccc(-c3cccc4c3c(/C=C3\Oc5cc(O)cc(O)c5C3=O)cn4C)cc2)cc1. The minimum absolute atomic E-state index is 0.0600. The summed E-state index contributed by atoms with van der Waals surface area (Å²) in [5, 5.41) is 21.0. The molecule has 0 amide bonds. The monoisotopic (exact) mass is 516 g/mol. The Labute approximate surface area is 226 Å². The van der Waals surface area contributed by atoms with E-state index in [0.29, 0.717) is 0 Å². The number of allylic oxidation sites excluding steroid dienone is 1. The zero-order valence-corrected chi connectivity index (χ0v) is 22.0. The molecule has 0 spiro atoms. The van der Waals surface area contributed by atoms with Gasteiger partial charge in [0.15, 0.2) is 5.76 Å². The number of fused-ring (bicyclic) bond motifs is 2. The van der Waals surface area contributed by atoms with Gasteiger partial charge in [-0.05, 0) is 54.1 Å². The molecule has 0 bridgehead atoms. The number of phenols is 2. The number of aromatic nitrogens is 1. The molecule has 1 aliphatic rings.